The molecule has 0 heterocycles. The van der Waals surface area contributed by atoms with Crippen LogP contribution in [0.15, 0.2) is 24.3 Å². The number of nitrogens with one attached hydrogen (secondary N) is 2. The van der Waals surface area contributed by atoms with E-state index in [-0.39, 0.29) is 30.6 Å². The molecule has 1 aromatic carbocycles. The minimum absolute atomic E-state index is 0. The first-order valence-corrected chi connectivity index (χ1v) is 5.93. The van der Waals surface area contributed by atoms with E-state index in [1.54, 1.807) is 24.3 Å². The zero-order valence-corrected chi connectivity index (χ0v) is 11.8. The van der Waals surface area contributed by atoms with Crippen LogP contribution < -0.4 is 16.4 Å². The Labute approximate surface area is 119 Å². The number of carbonyl (C=O) groups excluding carboxylic acids is 2. The molecule has 0 bridgehead atoms. The predicted molar refractivity (Wildman–Crippen MR) is 78.4 cm³/mol. The molecule has 0 unspecified atom stereocenters. The molecule has 0 aliphatic heterocycles. The van der Waals surface area contributed by atoms with E-state index in [1.165, 1.54) is 0 Å². The topological polar surface area (TPSA) is 84.2 Å². The van der Waals surface area contributed by atoms with Gasteiger partial charge >= 0.3 is 0 Å². The van der Waals surface area contributed by atoms with E-state index < -0.39 is 0 Å². The highest BCUT2D eigenvalue weighted by Crippen LogP contribution is 2.10. The molecule has 0 radical (unpaired) electrons. The smallest absolute Gasteiger partial charge is 0.224 e. The summed E-state index contributed by atoms with van der Waals surface area (Å²) < 4.78 is 0. The van der Waals surface area contributed by atoms with E-state index in [2.05, 4.69) is 10.6 Å². The fraction of sp³-hybridized carbons (Fsp3) is 0.385. The second-order valence-electron chi connectivity index (χ2n) is 4.10. The van der Waals surface area contributed by atoms with Crippen LogP contribution in [-0.4, -0.2) is 25.4 Å². The zero-order valence-electron chi connectivity index (χ0n) is 10.9. The lowest BCUT2D eigenvalue weighted by Crippen LogP contribution is -2.15. The summed E-state index contributed by atoms with van der Waals surface area (Å²) in [6.07, 6.45) is 1.52. The van der Waals surface area contributed by atoms with Gasteiger partial charge in [-0.3, -0.25) is 9.59 Å². The number of halogens is 1. The largest absolute Gasteiger partial charge is 0.369 e. The number of benzene rings is 1. The molecule has 2 amide bonds. The molecule has 4 N–H and O–H groups in total. The van der Waals surface area contributed by atoms with Crippen molar-refractivity contribution in [1.29, 1.82) is 0 Å². The van der Waals surface area contributed by atoms with Crippen molar-refractivity contribution in [2.75, 3.05) is 18.9 Å². The van der Waals surface area contributed by atoms with E-state index >= 15 is 0 Å². The standard InChI is InChI=1S/C13H19N3O2.ClH/c1-15-8-2-3-13(18)16-11-6-4-10(5-7-11)9-12(14)17;/h4-7,15H,2-3,8-9H2,1H3,(H2,14,17)(H,16,18);1H. The summed E-state index contributed by atoms with van der Waals surface area (Å²) in [5, 5.41) is 5.79. The minimum Gasteiger partial charge on any atom is -0.369 e. The molecule has 1 aromatic rings. The summed E-state index contributed by atoms with van der Waals surface area (Å²) in [6.45, 7) is 0.824. The van der Waals surface area contributed by atoms with Gasteiger partial charge in [0.05, 0.1) is 6.42 Å². The molecule has 0 saturated carbocycles. The average molecular weight is 286 g/mol. The highest BCUT2D eigenvalue weighted by Gasteiger charge is 2.03. The molecular formula is C13H20ClN3O2. The summed E-state index contributed by atoms with van der Waals surface area (Å²) in [5.41, 5.74) is 6.67. The van der Waals surface area contributed by atoms with Crippen LogP contribution in [0.5, 0.6) is 0 Å². The first-order chi connectivity index (χ1) is 8.61. The van der Waals surface area contributed by atoms with Crippen molar-refractivity contribution in [2.45, 2.75) is 19.3 Å². The third kappa shape index (κ3) is 7.43. The van der Waals surface area contributed by atoms with Crippen molar-refractivity contribution in [2.24, 2.45) is 5.73 Å². The van der Waals surface area contributed by atoms with E-state index in [9.17, 15) is 9.59 Å². The molecule has 0 aliphatic carbocycles. The van der Waals surface area contributed by atoms with Crippen molar-refractivity contribution >= 4 is 29.9 Å². The molecule has 0 atom stereocenters. The third-order valence-electron chi connectivity index (χ3n) is 2.45. The number of rotatable bonds is 7. The first-order valence-electron chi connectivity index (χ1n) is 5.93. The Balaban J connectivity index is 0.00000324. The number of primary amides is 1. The molecule has 0 aromatic heterocycles. The SMILES string of the molecule is CNCCCC(=O)Nc1ccc(CC(N)=O)cc1.Cl. The minimum atomic E-state index is -0.362. The average Bonchev–Trinajstić information content (AvgIpc) is 2.31. The maximum Gasteiger partial charge on any atom is 0.224 e. The van der Waals surface area contributed by atoms with E-state index in [0.717, 1.165) is 24.2 Å². The molecule has 19 heavy (non-hydrogen) atoms. The van der Waals surface area contributed by atoms with Crippen LogP contribution in [0.25, 0.3) is 0 Å². The number of nitrogens with two attached hydrogens (primary N) is 1. The number of hydrogen-bond acceptors (Lipinski definition) is 3. The second-order valence-corrected chi connectivity index (χ2v) is 4.10. The number of amides is 2. The van der Waals surface area contributed by atoms with Crippen LogP contribution >= 0.6 is 12.4 Å². The third-order valence-corrected chi connectivity index (χ3v) is 2.45. The molecule has 0 spiro atoms. The number of carbonyl (C=O) groups is 2. The molecule has 6 heteroatoms. The molecule has 0 fully saturated rings. The van der Waals surface area contributed by atoms with E-state index in [0.29, 0.717) is 6.42 Å². The summed E-state index contributed by atoms with van der Waals surface area (Å²) in [6, 6.07) is 7.12. The van der Waals surface area contributed by atoms with Gasteiger partial charge in [-0.25, -0.2) is 0 Å². The van der Waals surface area contributed by atoms with E-state index in [4.69, 9.17) is 5.73 Å². The highest BCUT2D eigenvalue weighted by atomic mass is 35.5. The van der Waals surface area contributed by atoms with Gasteiger partial charge in [0.1, 0.15) is 0 Å². The van der Waals surface area contributed by atoms with Gasteiger partial charge in [-0.15, -0.1) is 12.4 Å². The second kappa shape index (κ2) is 9.35. The highest BCUT2D eigenvalue weighted by molar-refractivity contribution is 5.90. The summed E-state index contributed by atoms with van der Waals surface area (Å²) >= 11 is 0. The van der Waals surface area contributed by atoms with Gasteiger partial charge in [0.25, 0.3) is 0 Å². The first kappa shape index (κ1) is 17.4. The van der Waals surface area contributed by atoms with Gasteiger partial charge in [-0.1, -0.05) is 12.1 Å². The quantitative estimate of drug-likeness (QED) is 0.655. The fourth-order valence-electron chi connectivity index (χ4n) is 1.56. The Morgan fingerprint density at radius 1 is 1.21 bits per heavy atom. The van der Waals surface area contributed by atoms with Gasteiger partial charge in [-0.2, -0.15) is 0 Å². The van der Waals surface area contributed by atoms with Gasteiger partial charge < -0.3 is 16.4 Å². The van der Waals surface area contributed by atoms with Gasteiger partial charge in [-0.05, 0) is 37.7 Å². The van der Waals surface area contributed by atoms with E-state index in [1.807, 2.05) is 7.05 Å². The Bertz CT molecular complexity index is 407. The maximum absolute atomic E-state index is 11.5. The summed E-state index contributed by atoms with van der Waals surface area (Å²) in [4.78, 5) is 22.3. The maximum atomic E-state index is 11.5. The Kier molecular flexibility index (Phi) is 8.57. The fourth-order valence-corrected chi connectivity index (χ4v) is 1.56. The van der Waals surface area contributed by atoms with Crippen LogP contribution in [0.1, 0.15) is 18.4 Å². The summed E-state index contributed by atoms with van der Waals surface area (Å²) in [5.74, 6) is -0.369. The Morgan fingerprint density at radius 3 is 2.37 bits per heavy atom. The van der Waals surface area contributed by atoms with Crippen LogP contribution in [0.3, 0.4) is 0 Å². The van der Waals surface area contributed by atoms with Crippen molar-refractivity contribution in [1.82, 2.24) is 5.32 Å². The van der Waals surface area contributed by atoms with Crippen molar-refractivity contribution < 1.29 is 9.59 Å². The molecule has 106 valence electrons. The van der Waals surface area contributed by atoms with Crippen molar-refractivity contribution in [3.8, 4) is 0 Å². The lowest BCUT2D eigenvalue weighted by atomic mass is 10.1. The normalized spacial score (nSPS) is 9.53. The van der Waals surface area contributed by atoms with Crippen LogP contribution in [0.4, 0.5) is 5.69 Å². The monoisotopic (exact) mass is 285 g/mol. The number of hydrogen-bond donors (Lipinski definition) is 3. The molecular weight excluding hydrogens is 266 g/mol. The Hall–Kier alpha value is -1.59. The van der Waals surface area contributed by atoms with Crippen molar-refractivity contribution in [3.05, 3.63) is 29.8 Å². The van der Waals surface area contributed by atoms with Crippen LogP contribution in [0.2, 0.25) is 0 Å². The lowest BCUT2D eigenvalue weighted by Gasteiger charge is -2.06. The van der Waals surface area contributed by atoms with Gasteiger partial charge in [0.2, 0.25) is 11.8 Å². The van der Waals surface area contributed by atoms with Crippen molar-refractivity contribution in [3.63, 3.8) is 0 Å². The summed E-state index contributed by atoms with van der Waals surface area (Å²) in [7, 11) is 1.86. The van der Waals surface area contributed by atoms with Gasteiger partial charge in [0, 0.05) is 12.1 Å². The Morgan fingerprint density at radius 2 is 1.84 bits per heavy atom. The molecule has 5 nitrogen and oxygen atoms in total. The number of anilines is 1. The lowest BCUT2D eigenvalue weighted by molar-refractivity contribution is -0.117. The van der Waals surface area contributed by atoms with Crippen LogP contribution in [-0.2, 0) is 16.0 Å². The molecule has 1 rings (SSSR count). The molecule has 0 saturated heterocycles. The zero-order chi connectivity index (χ0) is 13.4. The van der Waals surface area contributed by atoms with Crippen LogP contribution in [0, 0.1) is 0 Å². The van der Waals surface area contributed by atoms with Gasteiger partial charge in [0.15, 0.2) is 0 Å². The molecule has 0 aliphatic rings. The predicted octanol–water partition coefficient (Wildman–Crippen LogP) is 1.07.